The lowest BCUT2D eigenvalue weighted by molar-refractivity contribution is 0.649. The summed E-state index contributed by atoms with van der Waals surface area (Å²) in [6.07, 6.45) is 2.19. The first kappa shape index (κ1) is 14.0. The van der Waals surface area contributed by atoms with Crippen molar-refractivity contribution in [3.05, 3.63) is 22.1 Å². The molecule has 0 aromatic carbocycles. The summed E-state index contributed by atoms with van der Waals surface area (Å²) < 4.78 is 1.82. The van der Waals surface area contributed by atoms with Crippen LogP contribution in [0.1, 0.15) is 29.9 Å². The molecule has 20 heavy (non-hydrogen) atoms. The van der Waals surface area contributed by atoms with Gasteiger partial charge in [0.15, 0.2) is 0 Å². The number of rotatable bonds is 3. The predicted octanol–water partition coefficient (Wildman–Crippen LogP) is 3.72. The van der Waals surface area contributed by atoms with Gasteiger partial charge in [0.2, 0.25) is 0 Å². The van der Waals surface area contributed by atoms with Gasteiger partial charge in [-0.2, -0.15) is 16.9 Å². The molecule has 108 valence electrons. The number of nitrogens with zero attached hydrogens (tertiary/aromatic N) is 2. The average Bonchev–Trinajstić information content (AvgIpc) is 2.94. The molecular formula is C15H21N3S2. The van der Waals surface area contributed by atoms with Crippen molar-refractivity contribution in [3.63, 3.8) is 0 Å². The molecule has 3 rings (SSSR count). The molecule has 5 heteroatoms. The standard InChI is InChI=1S/C15H21N3S2/c1-9(2)6-11-14(17-18(3)15(11)16)13-7-10-8-19-5-4-12(10)20-13/h7,9H,4-6,8,16H2,1-3H3. The molecule has 2 N–H and O–H groups in total. The summed E-state index contributed by atoms with van der Waals surface area (Å²) in [6, 6.07) is 2.33. The van der Waals surface area contributed by atoms with Crippen molar-refractivity contribution in [1.29, 1.82) is 0 Å². The summed E-state index contributed by atoms with van der Waals surface area (Å²) in [5, 5.41) is 4.67. The number of aromatic nitrogens is 2. The van der Waals surface area contributed by atoms with Crippen LogP contribution in [0.15, 0.2) is 6.07 Å². The van der Waals surface area contributed by atoms with Gasteiger partial charge in [0, 0.05) is 23.2 Å². The highest BCUT2D eigenvalue weighted by atomic mass is 32.2. The summed E-state index contributed by atoms with van der Waals surface area (Å²) in [6.45, 7) is 4.46. The molecule has 0 saturated heterocycles. The van der Waals surface area contributed by atoms with Crippen molar-refractivity contribution in [2.45, 2.75) is 32.4 Å². The van der Waals surface area contributed by atoms with Crippen molar-refractivity contribution in [2.75, 3.05) is 11.5 Å². The summed E-state index contributed by atoms with van der Waals surface area (Å²) >= 11 is 3.93. The van der Waals surface area contributed by atoms with E-state index in [1.807, 2.05) is 34.8 Å². The van der Waals surface area contributed by atoms with Gasteiger partial charge in [-0.15, -0.1) is 11.3 Å². The highest BCUT2D eigenvalue weighted by Gasteiger charge is 2.21. The normalized spacial score (nSPS) is 14.8. The second kappa shape index (κ2) is 5.45. The first-order valence-electron chi connectivity index (χ1n) is 7.07. The fourth-order valence-electron chi connectivity index (χ4n) is 2.65. The van der Waals surface area contributed by atoms with Gasteiger partial charge in [0.1, 0.15) is 11.5 Å². The topological polar surface area (TPSA) is 43.8 Å². The fourth-order valence-corrected chi connectivity index (χ4v) is 5.04. The van der Waals surface area contributed by atoms with E-state index in [0.29, 0.717) is 5.92 Å². The zero-order valence-corrected chi connectivity index (χ0v) is 13.9. The molecule has 0 spiro atoms. The first-order chi connectivity index (χ1) is 9.56. The lowest BCUT2D eigenvalue weighted by atomic mass is 10.0. The Kier molecular flexibility index (Phi) is 3.82. The lowest BCUT2D eigenvalue weighted by Gasteiger charge is -2.08. The summed E-state index contributed by atoms with van der Waals surface area (Å²) in [5.41, 5.74) is 10.0. The van der Waals surface area contributed by atoms with Gasteiger partial charge in [0.25, 0.3) is 0 Å². The number of hydrogen-bond acceptors (Lipinski definition) is 4. The van der Waals surface area contributed by atoms with Crippen LogP contribution in [0.25, 0.3) is 10.6 Å². The van der Waals surface area contributed by atoms with Gasteiger partial charge in [0.05, 0.1) is 4.88 Å². The van der Waals surface area contributed by atoms with E-state index < -0.39 is 0 Å². The molecule has 0 aliphatic carbocycles. The van der Waals surface area contributed by atoms with Crippen molar-refractivity contribution in [1.82, 2.24) is 9.78 Å². The number of hydrogen-bond donors (Lipinski definition) is 1. The third-order valence-electron chi connectivity index (χ3n) is 3.67. The summed E-state index contributed by atoms with van der Waals surface area (Å²) in [4.78, 5) is 2.83. The van der Waals surface area contributed by atoms with Gasteiger partial charge in [-0.05, 0) is 36.1 Å². The Morgan fingerprint density at radius 3 is 2.95 bits per heavy atom. The fraction of sp³-hybridized carbons (Fsp3) is 0.533. The van der Waals surface area contributed by atoms with Crippen LogP contribution < -0.4 is 5.73 Å². The maximum absolute atomic E-state index is 6.21. The number of anilines is 1. The van der Waals surface area contributed by atoms with Crippen LogP contribution in [0.2, 0.25) is 0 Å². The van der Waals surface area contributed by atoms with E-state index in [4.69, 9.17) is 5.73 Å². The molecule has 0 bridgehead atoms. The minimum Gasteiger partial charge on any atom is -0.384 e. The lowest BCUT2D eigenvalue weighted by Crippen LogP contribution is -2.01. The Labute approximate surface area is 128 Å². The molecule has 1 aliphatic rings. The number of thioether (sulfide) groups is 1. The largest absolute Gasteiger partial charge is 0.384 e. The molecule has 0 amide bonds. The number of fused-ring (bicyclic) bond motifs is 1. The third kappa shape index (κ3) is 2.49. The van der Waals surface area contributed by atoms with Crippen LogP contribution in [0.3, 0.4) is 0 Å². The minimum atomic E-state index is 0.588. The van der Waals surface area contributed by atoms with Crippen molar-refractivity contribution < 1.29 is 0 Å². The van der Waals surface area contributed by atoms with E-state index in [0.717, 1.165) is 23.7 Å². The molecule has 0 atom stereocenters. The predicted molar refractivity (Wildman–Crippen MR) is 89.3 cm³/mol. The number of nitrogen functional groups attached to an aromatic ring is 1. The van der Waals surface area contributed by atoms with Crippen molar-refractivity contribution in [2.24, 2.45) is 13.0 Å². The van der Waals surface area contributed by atoms with Crippen LogP contribution in [0.5, 0.6) is 0 Å². The van der Waals surface area contributed by atoms with Gasteiger partial charge in [-0.25, -0.2) is 0 Å². The maximum atomic E-state index is 6.21. The van der Waals surface area contributed by atoms with Crippen LogP contribution in [-0.2, 0) is 25.6 Å². The quantitative estimate of drug-likeness (QED) is 0.940. The Hall–Kier alpha value is -0.940. The smallest absolute Gasteiger partial charge is 0.125 e. The van der Waals surface area contributed by atoms with E-state index in [-0.39, 0.29) is 0 Å². The molecule has 0 fully saturated rings. The van der Waals surface area contributed by atoms with Crippen LogP contribution in [0.4, 0.5) is 5.82 Å². The van der Waals surface area contributed by atoms with E-state index in [2.05, 4.69) is 25.0 Å². The highest BCUT2D eigenvalue weighted by Crippen LogP contribution is 2.39. The van der Waals surface area contributed by atoms with E-state index in [1.54, 1.807) is 4.88 Å². The Bertz CT molecular complexity index is 602. The second-order valence-corrected chi connectivity index (χ2v) is 8.04. The number of thiophene rings is 1. The van der Waals surface area contributed by atoms with Gasteiger partial charge in [-0.3, -0.25) is 4.68 Å². The molecule has 0 unspecified atom stereocenters. The first-order valence-corrected chi connectivity index (χ1v) is 9.04. The van der Waals surface area contributed by atoms with E-state index >= 15 is 0 Å². The molecule has 0 saturated carbocycles. The Morgan fingerprint density at radius 2 is 2.25 bits per heavy atom. The Balaban J connectivity index is 2.05. The summed E-state index contributed by atoms with van der Waals surface area (Å²) in [5.74, 6) is 3.80. The van der Waals surface area contributed by atoms with Crippen LogP contribution >= 0.6 is 23.1 Å². The molecule has 2 aromatic heterocycles. The van der Waals surface area contributed by atoms with Crippen molar-refractivity contribution >= 4 is 28.9 Å². The van der Waals surface area contributed by atoms with E-state index in [1.165, 1.54) is 28.2 Å². The minimum absolute atomic E-state index is 0.588. The third-order valence-corrected chi connectivity index (χ3v) is 5.92. The average molecular weight is 307 g/mol. The monoisotopic (exact) mass is 307 g/mol. The van der Waals surface area contributed by atoms with Gasteiger partial charge < -0.3 is 5.73 Å². The van der Waals surface area contributed by atoms with Gasteiger partial charge >= 0.3 is 0 Å². The number of aryl methyl sites for hydroxylation is 2. The van der Waals surface area contributed by atoms with E-state index in [9.17, 15) is 0 Å². The van der Waals surface area contributed by atoms with Crippen LogP contribution in [0, 0.1) is 5.92 Å². The summed E-state index contributed by atoms with van der Waals surface area (Å²) in [7, 11) is 1.94. The molecule has 1 aliphatic heterocycles. The number of nitrogens with two attached hydrogens (primary N) is 1. The maximum Gasteiger partial charge on any atom is 0.125 e. The molecule has 3 heterocycles. The Morgan fingerprint density at radius 1 is 1.45 bits per heavy atom. The zero-order valence-electron chi connectivity index (χ0n) is 12.3. The molecule has 0 radical (unpaired) electrons. The van der Waals surface area contributed by atoms with Gasteiger partial charge in [-0.1, -0.05) is 13.8 Å². The van der Waals surface area contributed by atoms with Crippen LogP contribution in [-0.4, -0.2) is 15.5 Å². The molecule has 2 aromatic rings. The zero-order chi connectivity index (χ0) is 14.3. The highest BCUT2D eigenvalue weighted by molar-refractivity contribution is 7.98. The van der Waals surface area contributed by atoms with Crippen molar-refractivity contribution in [3.8, 4) is 10.6 Å². The second-order valence-electron chi connectivity index (χ2n) is 5.80. The molecular weight excluding hydrogens is 286 g/mol. The molecule has 3 nitrogen and oxygen atoms in total. The SMILES string of the molecule is CC(C)Cc1c(-c2cc3c(s2)CCSC3)nn(C)c1N.